The van der Waals surface area contributed by atoms with E-state index in [0.29, 0.717) is 49.0 Å². The van der Waals surface area contributed by atoms with E-state index < -0.39 is 0 Å². The van der Waals surface area contributed by atoms with Crippen LogP contribution in [0.2, 0.25) is 0 Å². The average molecular weight is 364 g/mol. The lowest BCUT2D eigenvalue weighted by atomic mass is 10.1. The number of anilines is 1. The van der Waals surface area contributed by atoms with Gasteiger partial charge in [-0.3, -0.25) is 4.79 Å². The third kappa shape index (κ3) is 3.36. The van der Waals surface area contributed by atoms with Gasteiger partial charge in [0.25, 0.3) is 11.8 Å². The van der Waals surface area contributed by atoms with Crippen molar-refractivity contribution < 1.29 is 14.4 Å². The maximum Gasteiger partial charge on any atom is 0.258 e. The van der Waals surface area contributed by atoms with Gasteiger partial charge in [-0.15, -0.1) is 0 Å². The molecule has 0 unspecified atom stereocenters. The number of hydrogen-bond donors (Lipinski definition) is 1. The van der Waals surface area contributed by atoms with Gasteiger partial charge >= 0.3 is 0 Å². The van der Waals surface area contributed by atoms with Crippen molar-refractivity contribution in [3.05, 3.63) is 59.9 Å². The SMILES string of the molecule is Cc1noc(-c2ccccc2C(=O)N2CCN(c3ccccc3O)CC2)n1. The van der Waals surface area contributed by atoms with Gasteiger partial charge in [0.15, 0.2) is 5.82 Å². The van der Waals surface area contributed by atoms with Crippen LogP contribution in [0.15, 0.2) is 53.1 Å². The van der Waals surface area contributed by atoms with Crippen LogP contribution in [0.1, 0.15) is 16.2 Å². The first-order chi connectivity index (χ1) is 13.1. The van der Waals surface area contributed by atoms with Crippen LogP contribution in [0.25, 0.3) is 11.5 Å². The molecule has 1 aromatic heterocycles. The first-order valence-corrected chi connectivity index (χ1v) is 8.85. The van der Waals surface area contributed by atoms with Gasteiger partial charge in [0, 0.05) is 26.2 Å². The molecular weight excluding hydrogens is 344 g/mol. The summed E-state index contributed by atoms with van der Waals surface area (Å²) in [6.45, 7) is 4.21. The van der Waals surface area contributed by atoms with Gasteiger partial charge in [0.1, 0.15) is 5.75 Å². The van der Waals surface area contributed by atoms with E-state index in [1.807, 2.05) is 35.2 Å². The summed E-state index contributed by atoms with van der Waals surface area (Å²) >= 11 is 0. The molecule has 0 saturated carbocycles. The molecule has 1 aliphatic heterocycles. The number of amides is 1. The predicted molar refractivity (Wildman–Crippen MR) is 101 cm³/mol. The highest BCUT2D eigenvalue weighted by molar-refractivity contribution is 6.00. The summed E-state index contributed by atoms with van der Waals surface area (Å²) in [6, 6.07) is 14.5. The second-order valence-electron chi connectivity index (χ2n) is 6.46. The summed E-state index contributed by atoms with van der Waals surface area (Å²) < 4.78 is 5.25. The average Bonchev–Trinajstić information content (AvgIpc) is 3.14. The highest BCUT2D eigenvalue weighted by atomic mass is 16.5. The van der Waals surface area contributed by atoms with Crippen LogP contribution >= 0.6 is 0 Å². The fraction of sp³-hybridized carbons (Fsp3) is 0.250. The molecule has 0 aliphatic carbocycles. The van der Waals surface area contributed by atoms with Gasteiger partial charge in [-0.05, 0) is 31.2 Å². The monoisotopic (exact) mass is 364 g/mol. The molecule has 0 atom stereocenters. The molecule has 2 heterocycles. The van der Waals surface area contributed by atoms with Crippen LogP contribution in [0, 0.1) is 6.92 Å². The number of benzene rings is 2. The second-order valence-corrected chi connectivity index (χ2v) is 6.46. The van der Waals surface area contributed by atoms with E-state index in [2.05, 4.69) is 15.0 Å². The van der Waals surface area contributed by atoms with Crippen LogP contribution in [0.3, 0.4) is 0 Å². The Bertz CT molecular complexity index is 961. The number of aromatic nitrogens is 2. The van der Waals surface area contributed by atoms with Crippen molar-refractivity contribution in [2.24, 2.45) is 0 Å². The number of para-hydroxylation sites is 2. The van der Waals surface area contributed by atoms with Gasteiger partial charge in [-0.2, -0.15) is 4.98 Å². The number of aryl methyl sites for hydroxylation is 1. The molecule has 1 amide bonds. The van der Waals surface area contributed by atoms with Crippen molar-refractivity contribution in [3.63, 3.8) is 0 Å². The van der Waals surface area contributed by atoms with Crippen molar-refractivity contribution in [1.82, 2.24) is 15.0 Å². The second kappa shape index (κ2) is 7.11. The van der Waals surface area contributed by atoms with Crippen LogP contribution in [-0.2, 0) is 0 Å². The van der Waals surface area contributed by atoms with E-state index in [0.717, 1.165) is 5.69 Å². The molecule has 1 saturated heterocycles. The summed E-state index contributed by atoms with van der Waals surface area (Å²) in [5, 5.41) is 13.9. The standard InChI is InChI=1S/C20H20N4O3/c1-14-21-19(27-22-14)15-6-2-3-7-16(15)20(26)24-12-10-23(11-13-24)17-8-4-5-9-18(17)25/h2-9,25H,10-13H2,1H3. The molecule has 0 spiro atoms. The Hall–Kier alpha value is -3.35. The molecule has 138 valence electrons. The summed E-state index contributed by atoms with van der Waals surface area (Å²) in [5.41, 5.74) is 2.00. The molecule has 0 radical (unpaired) electrons. The minimum atomic E-state index is -0.0570. The number of phenolic OH excluding ortho intramolecular Hbond substituents is 1. The third-order valence-corrected chi connectivity index (χ3v) is 4.70. The zero-order chi connectivity index (χ0) is 18.8. The quantitative estimate of drug-likeness (QED) is 0.769. The van der Waals surface area contributed by atoms with E-state index in [4.69, 9.17) is 4.52 Å². The number of carbonyl (C=O) groups excluding carboxylic acids is 1. The lowest BCUT2D eigenvalue weighted by molar-refractivity contribution is 0.0747. The van der Waals surface area contributed by atoms with Crippen LogP contribution in [0.5, 0.6) is 5.75 Å². The number of nitrogens with zero attached hydrogens (tertiary/aromatic N) is 4. The Morgan fingerprint density at radius 1 is 1.04 bits per heavy atom. The van der Waals surface area contributed by atoms with Gasteiger partial charge in [0.2, 0.25) is 0 Å². The topological polar surface area (TPSA) is 82.7 Å². The molecule has 27 heavy (non-hydrogen) atoms. The molecule has 4 rings (SSSR count). The Kier molecular flexibility index (Phi) is 4.50. The zero-order valence-electron chi connectivity index (χ0n) is 15.0. The van der Waals surface area contributed by atoms with E-state index in [9.17, 15) is 9.90 Å². The van der Waals surface area contributed by atoms with Crippen molar-refractivity contribution in [1.29, 1.82) is 0 Å². The first-order valence-electron chi connectivity index (χ1n) is 8.85. The third-order valence-electron chi connectivity index (χ3n) is 4.70. The number of aromatic hydroxyl groups is 1. The number of rotatable bonds is 3. The fourth-order valence-corrected chi connectivity index (χ4v) is 3.31. The van der Waals surface area contributed by atoms with Gasteiger partial charge in [0.05, 0.1) is 16.8 Å². The summed E-state index contributed by atoms with van der Waals surface area (Å²) in [4.78, 5) is 21.2. The maximum absolute atomic E-state index is 13.1. The maximum atomic E-state index is 13.1. The van der Waals surface area contributed by atoms with E-state index in [-0.39, 0.29) is 11.7 Å². The van der Waals surface area contributed by atoms with Crippen molar-refractivity contribution in [2.75, 3.05) is 31.1 Å². The molecule has 0 bridgehead atoms. The zero-order valence-corrected chi connectivity index (χ0v) is 15.0. The Morgan fingerprint density at radius 3 is 2.44 bits per heavy atom. The fourth-order valence-electron chi connectivity index (χ4n) is 3.31. The number of hydrogen-bond acceptors (Lipinski definition) is 6. The lowest BCUT2D eigenvalue weighted by Gasteiger charge is -2.36. The summed E-state index contributed by atoms with van der Waals surface area (Å²) in [7, 11) is 0. The normalized spacial score (nSPS) is 14.4. The largest absolute Gasteiger partial charge is 0.506 e. The van der Waals surface area contributed by atoms with Crippen LogP contribution in [0.4, 0.5) is 5.69 Å². The van der Waals surface area contributed by atoms with E-state index in [1.165, 1.54) is 0 Å². The number of carbonyl (C=O) groups is 1. The smallest absolute Gasteiger partial charge is 0.258 e. The Labute approximate surface area is 156 Å². The molecule has 7 heteroatoms. The van der Waals surface area contributed by atoms with Crippen molar-refractivity contribution in [3.8, 4) is 17.2 Å². The molecular formula is C20H20N4O3. The minimum Gasteiger partial charge on any atom is -0.506 e. The minimum absolute atomic E-state index is 0.0570. The van der Waals surface area contributed by atoms with Crippen molar-refractivity contribution in [2.45, 2.75) is 6.92 Å². The number of phenols is 1. The molecule has 7 nitrogen and oxygen atoms in total. The molecule has 1 N–H and O–H groups in total. The van der Waals surface area contributed by atoms with Crippen LogP contribution < -0.4 is 4.90 Å². The van der Waals surface area contributed by atoms with Gasteiger partial charge in [-0.25, -0.2) is 0 Å². The van der Waals surface area contributed by atoms with Crippen molar-refractivity contribution >= 4 is 11.6 Å². The highest BCUT2D eigenvalue weighted by Gasteiger charge is 2.26. The summed E-state index contributed by atoms with van der Waals surface area (Å²) in [6.07, 6.45) is 0. The molecule has 1 fully saturated rings. The lowest BCUT2D eigenvalue weighted by Crippen LogP contribution is -2.48. The molecule has 1 aliphatic rings. The van der Waals surface area contributed by atoms with Crippen LogP contribution in [-0.4, -0.2) is 52.2 Å². The Balaban J connectivity index is 1.51. The highest BCUT2D eigenvalue weighted by Crippen LogP contribution is 2.28. The number of piperazine rings is 1. The van der Waals surface area contributed by atoms with E-state index in [1.54, 1.807) is 25.1 Å². The molecule has 3 aromatic rings. The summed E-state index contributed by atoms with van der Waals surface area (Å²) in [5.74, 6) is 1.08. The predicted octanol–water partition coefficient (Wildman–Crippen LogP) is 2.71. The van der Waals surface area contributed by atoms with Gasteiger partial charge in [-0.1, -0.05) is 29.4 Å². The van der Waals surface area contributed by atoms with Gasteiger partial charge < -0.3 is 19.4 Å². The molecule has 2 aromatic carbocycles. The van der Waals surface area contributed by atoms with E-state index >= 15 is 0 Å². The Morgan fingerprint density at radius 2 is 1.74 bits per heavy atom. The first kappa shape index (κ1) is 17.1.